The van der Waals surface area contributed by atoms with Crippen molar-refractivity contribution in [1.82, 2.24) is 0 Å². The van der Waals surface area contributed by atoms with Gasteiger partial charge in [0.2, 0.25) is 0 Å². The van der Waals surface area contributed by atoms with Crippen LogP contribution in [-0.4, -0.2) is 32.1 Å². The lowest BCUT2D eigenvalue weighted by atomic mass is 10.3. The molecule has 86 valence electrons. The van der Waals surface area contributed by atoms with Gasteiger partial charge in [-0.1, -0.05) is 0 Å². The third-order valence-electron chi connectivity index (χ3n) is 0.834. The van der Waals surface area contributed by atoms with Crippen molar-refractivity contribution in [2.75, 3.05) is 0 Å². The zero-order chi connectivity index (χ0) is 12.4. The fraction of sp³-hybridized carbons (Fsp3) is 0.500. The van der Waals surface area contributed by atoms with Gasteiger partial charge >= 0.3 is 11.1 Å². The highest BCUT2D eigenvalue weighted by atomic mass is 32.2. The number of rotatable bonds is 3. The topological polar surface area (TPSA) is 116 Å². The van der Waals surface area contributed by atoms with Crippen LogP contribution in [0.3, 0.4) is 0 Å². The minimum absolute atomic E-state index is 0.0833. The zero-order valence-electron chi connectivity index (χ0n) is 8.35. The summed E-state index contributed by atoms with van der Waals surface area (Å²) < 4.78 is 0. The fourth-order valence-electron chi connectivity index (χ4n) is 0.417. The number of thioether (sulfide) groups is 1. The van der Waals surface area contributed by atoms with Gasteiger partial charge in [-0.3, -0.25) is 14.4 Å². The fourth-order valence-corrected chi connectivity index (χ4v) is 0.833. The number of carboxylic acids is 2. The standard InChI is InChI=1S/C4H6O4.C4H6O2S/c5-3(6)1-2-4(7)8;1-3(5)7-4(2)6/h1-2H2,(H,5,6)(H,7,8);1-2H3. The predicted octanol–water partition coefficient (Wildman–Crippen LogP) is -0.610. The molecule has 0 amide bonds. The molecular weight excluding hydrogens is 224 g/mol. The lowest BCUT2D eigenvalue weighted by molar-refractivity contribution is -0.305. The van der Waals surface area contributed by atoms with Crippen molar-refractivity contribution in [3.8, 4) is 0 Å². The number of aliphatic carboxylic acids is 2. The van der Waals surface area contributed by atoms with Gasteiger partial charge in [-0.25, -0.2) is 0 Å². The van der Waals surface area contributed by atoms with Crippen LogP contribution in [0.25, 0.3) is 0 Å². The van der Waals surface area contributed by atoms with Crippen molar-refractivity contribution in [2.45, 2.75) is 26.7 Å². The van der Waals surface area contributed by atoms with Crippen LogP contribution in [0, 0.1) is 0 Å². The molecule has 0 heterocycles. The second kappa shape index (κ2) is 9.20. The van der Waals surface area contributed by atoms with Crippen LogP contribution in [0.15, 0.2) is 0 Å². The highest BCUT2D eigenvalue weighted by Crippen LogP contribution is 1.99. The highest BCUT2D eigenvalue weighted by molar-refractivity contribution is 8.26. The summed E-state index contributed by atoms with van der Waals surface area (Å²) in [6.07, 6.45) is -0.766. The van der Waals surface area contributed by atoms with E-state index in [1.807, 2.05) is 0 Å². The summed E-state index contributed by atoms with van der Waals surface area (Å²) in [4.78, 5) is 37.6. The van der Waals surface area contributed by atoms with E-state index in [1.54, 1.807) is 0 Å². The number of hydrogen-bond acceptors (Lipinski definition) is 5. The lowest BCUT2D eigenvalue weighted by Crippen LogP contribution is -2.22. The molecule has 0 saturated heterocycles. The van der Waals surface area contributed by atoms with E-state index in [0.29, 0.717) is 0 Å². The van der Waals surface area contributed by atoms with E-state index < -0.39 is 18.4 Å². The van der Waals surface area contributed by atoms with Crippen LogP contribution < -0.4 is 5.11 Å². The predicted molar refractivity (Wildman–Crippen MR) is 52.8 cm³/mol. The Kier molecular flexibility index (Phi) is 9.85. The van der Waals surface area contributed by atoms with E-state index >= 15 is 0 Å². The van der Waals surface area contributed by atoms with E-state index in [-0.39, 0.29) is 16.7 Å². The summed E-state index contributed by atoms with van der Waals surface area (Å²) in [7, 11) is 0. The Labute approximate surface area is 90.7 Å². The Morgan fingerprint density at radius 1 is 1.27 bits per heavy atom. The van der Waals surface area contributed by atoms with Crippen molar-refractivity contribution >= 4 is 33.9 Å². The molecule has 0 aromatic carbocycles. The van der Waals surface area contributed by atoms with Crippen LogP contribution in [-0.2, 0) is 14.4 Å². The molecule has 0 aliphatic carbocycles. The molecule has 0 atom stereocenters. The van der Waals surface area contributed by atoms with Crippen molar-refractivity contribution in [3.63, 3.8) is 0 Å². The van der Waals surface area contributed by atoms with Gasteiger partial charge in [-0.05, 0) is 6.42 Å². The smallest absolute Gasteiger partial charge is 0.355 e. The van der Waals surface area contributed by atoms with Crippen molar-refractivity contribution in [1.29, 1.82) is 0 Å². The quantitative estimate of drug-likeness (QED) is 0.653. The molecule has 6 nitrogen and oxygen atoms in total. The van der Waals surface area contributed by atoms with E-state index in [9.17, 15) is 19.5 Å². The van der Waals surface area contributed by atoms with Crippen LogP contribution >= 0.6 is 11.8 Å². The Balaban J connectivity index is 0. The number of carbonyl (C=O) groups is 3. The molecule has 0 rings (SSSR count). The van der Waals surface area contributed by atoms with Crippen LogP contribution in [0.2, 0.25) is 0 Å². The molecule has 0 spiro atoms. The minimum Gasteiger partial charge on any atom is -0.550 e. The van der Waals surface area contributed by atoms with E-state index in [0.717, 1.165) is 11.8 Å². The normalized spacial score (nSPS) is 8.40. The summed E-state index contributed by atoms with van der Waals surface area (Å²) in [5.41, 5.74) is 0. The Morgan fingerprint density at radius 2 is 1.73 bits per heavy atom. The van der Waals surface area contributed by atoms with E-state index in [1.165, 1.54) is 13.8 Å². The summed E-state index contributed by atoms with van der Waals surface area (Å²) in [5.74, 6) is -2.44. The third-order valence-corrected chi connectivity index (χ3v) is 1.42. The molecule has 7 heteroatoms. The van der Waals surface area contributed by atoms with Gasteiger partial charge in [0.1, 0.15) is 0 Å². The van der Waals surface area contributed by atoms with Crippen molar-refractivity contribution in [2.24, 2.45) is 0 Å². The minimum atomic E-state index is -1.33. The maximum absolute atomic E-state index is 10.0. The average molecular weight is 236 g/mol. The largest absolute Gasteiger partial charge is 0.550 e. The third kappa shape index (κ3) is 24.5. The highest BCUT2D eigenvalue weighted by Gasteiger charge is 2.02. The van der Waals surface area contributed by atoms with Gasteiger partial charge < -0.3 is 15.0 Å². The molecule has 0 aromatic rings. The first-order chi connectivity index (χ1) is 6.75. The first-order valence-corrected chi connectivity index (χ1v) is 4.70. The molecule has 0 bridgehead atoms. The summed E-state index contributed by atoms with van der Waals surface area (Å²) >= 11 is 0.843. The average Bonchev–Trinajstić information content (AvgIpc) is 1.99. The van der Waals surface area contributed by atoms with Gasteiger partial charge in [0.25, 0.3) is 0 Å². The molecule has 2 N–H and O–H groups in total. The van der Waals surface area contributed by atoms with Gasteiger partial charge in [0.05, 0.1) is 13.3 Å². The SMILES string of the molecule is CC(=O)SC(C)=[OH+].O=C([O-])CCC(=O)O. The summed E-state index contributed by atoms with van der Waals surface area (Å²) in [5, 5.41) is 17.4. The first kappa shape index (κ1) is 16.1. The number of hydrogen-bond donors (Lipinski definition) is 1. The molecule has 0 saturated carbocycles. The number of carboxylic acid groups (broad SMARTS) is 2. The maximum Gasteiger partial charge on any atom is 0.355 e. The van der Waals surface area contributed by atoms with Crippen molar-refractivity contribution in [3.05, 3.63) is 0 Å². The van der Waals surface area contributed by atoms with Gasteiger partial charge in [-0.15, -0.1) is 0 Å². The van der Waals surface area contributed by atoms with Crippen LogP contribution in [0.5, 0.6) is 0 Å². The molecule has 0 fully saturated rings. The van der Waals surface area contributed by atoms with Gasteiger partial charge in [0, 0.05) is 24.7 Å². The molecule has 0 unspecified atom stereocenters. The first-order valence-electron chi connectivity index (χ1n) is 3.88. The summed E-state index contributed by atoms with van der Waals surface area (Å²) in [6, 6.07) is 0. The Hall–Kier alpha value is -1.37. The van der Waals surface area contributed by atoms with Crippen molar-refractivity contribution < 1.29 is 29.4 Å². The van der Waals surface area contributed by atoms with Crippen LogP contribution in [0.1, 0.15) is 26.7 Å². The molecular formula is C8H12O6S. The monoisotopic (exact) mass is 236 g/mol. The van der Waals surface area contributed by atoms with Gasteiger partial charge in [0.15, 0.2) is 5.12 Å². The maximum atomic E-state index is 10.0. The molecule has 0 aliphatic rings. The number of carbonyl (C=O) groups excluding carboxylic acids is 3. The lowest BCUT2D eigenvalue weighted by Gasteiger charge is -1.94. The molecule has 0 aliphatic heterocycles. The Morgan fingerprint density at radius 3 is 1.80 bits per heavy atom. The molecule has 15 heavy (non-hydrogen) atoms. The second-order valence-corrected chi connectivity index (χ2v) is 3.75. The van der Waals surface area contributed by atoms with Gasteiger partial charge in [-0.2, -0.15) is 0 Å². The second-order valence-electron chi connectivity index (χ2n) is 2.38. The molecule has 0 radical (unpaired) electrons. The van der Waals surface area contributed by atoms with E-state index in [2.05, 4.69) is 0 Å². The zero-order valence-corrected chi connectivity index (χ0v) is 9.17. The summed E-state index contributed by atoms with van der Waals surface area (Å²) in [6.45, 7) is 2.89. The van der Waals surface area contributed by atoms with E-state index in [4.69, 9.17) is 9.90 Å². The molecule has 0 aromatic heterocycles. The van der Waals surface area contributed by atoms with Crippen LogP contribution in [0.4, 0.5) is 0 Å². The Bertz CT molecular complexity index is 234.